The van der Waals surface area contributed by atoms with Crippen molar-refractivity contribution >= 4 is 5.91 Å². The van der Waals surface area contributed by atoms with E-state index in [4.69, 9.17) is 5.73 Å². The van der Waals surface area contributed by atoms with E-state index in [9.17, 15) is 4.79 Å². The highest BCUT2D eigenvalue weighted by atomic mass is 16.2. The van der Waals surface area contributed by atoms with Crippen molar-refractivity contribution < 1.29 is 4.79 Å². The molecule has 0 aromatic heterocycles. The van der Waals surface area contributed by atoms with Crippen LogP contribution in [-0.2, 0) is 4.79 Å². The van der Waals surface area contributed by atoms with Crippen LogP contribution >= 0.6 is 0 Å². The summed E-state index contributed by atoms with van der Waals surface area (Å²) in [6, 6.07) is 0.147. The van der Waals surface area contributed by atoms with Crippen LogP contribution in [0.4, 0.5) is 0 Å². The lowest BCUT2D eigenvalue weighted by Crippen LogP contribution is -2.56. The number of carbonyl (C=O) groups excluding carboxylic acids is 1. The highest BCUT2D eigenvalue weighted by molar-refractivity contribution is 5.82. The first-order chi connectivity index (χ1) is 6.79. The Balaban J connectivity index is 1.97. The van der Waals surface area contributed by atoms with Crippen molar-refractivity contribution in [2.75, 3.05) is 19.6 Å². The van der Waals surface area contributed by atoms with Crippen LogP contribution in [0.15, 0.2) is 0 Å². The fourth-order valence-corrected chi connectivity index (χ4v) is 2.39. The Morgan fingerprint density at radius 3 is 2.93 bits per heavy atom. The Kier molecular flexibility index (Phi) is 3.03. The molecule has 2 heterocycles. The number of piperidine rings is 2. The quantitative estimate of drug-likeness (QED) is 0.606. The fourth-order valence-electron chi connectivity index (χ4n) is 2.39. The standard InChI is InChI=1S/C10H19N3O/c11-9-4-2-6-13(10(9)14)8-3-1-5-12-7-8/h8-9,12H,1-7,11H2. The SMILES string of the molecule is NC1CCCN(C2CCCNC2)C1=O. The smallest absolute Gasteiger partial charge is 0.239 e. The summed E-state index contributed by atoms with van der Waals surface area (Å²) >= 11 is 0. The van der Waals surface area contributed by atoms with Crippen molar-refractivity contribution in [2.24, 2.45) is 5.73 Å². The molecule has 2 fully saturated rings. The molecule has 3 N–H and O–H groups in total. The van der Waals surface area contributed by atoms with Gasteiger partial charge in [-0.15, -0.1) is 0 Å². The van der Waals surface area contributed by atoms with Crippen LogP contribution in [-0.4, -0.2) is 42.5 Å². The van der Waals surface area contributed by atoms with Gasteiger partial charge in [0.15, 0.2) is 0 Å². The minimum Gasteiger partial charge on any atom is -0.337 e. The normalized spacial score (nSPS) is 34.6. The van der Waals surface area contributed by atoms with Gasteiger partial charge in [0.1, 0.15) is 0 Å². The van der Waals surface area contributed by atoms with Crippen LogP contribution < -0.4 is 11.1 Å². The zero-order valence-corrected chi connectivity index (χ0v) is 8.54. The van der Waals surface area contributed by atoms with Gasteiger partial charge < -0.3 is 16.0 Å². The molecule has 0 aromatic carbocycles. The topological polar surface area (TPSA) is 58.4 Å². The molecule has 80 valence electrons. The van der Waals surface area contributed by atoms with Gasteiger partial charge in [0.2, 0.25) is 5.91 Å². The maximum absolute atomic E-state index is 11.8. The van der Waals surface area contributed by atoms with Crippen molar-refractivity contribution in [2.45, 2.75) is 37.8 Å². The number of rotatable bonds is 1. The van der Waals surface area contributed by atoms with Crippen molar-refractivity contribution in [1.29, 1.82) is 0 Å². The van der Waals surface area contributed by atoms with Crippen LogP contribution in [0, 0.1) is 0 Å². The summed E-state index contributed by atoms with van der Waals surface area (Å²) in [6.07, 6.45) is 4.22. The number of amides is 1. The second kappa shape index (κ2) is 4.28. The molecule has 2 aliphatic rings. The molecule has 2 saturated heterocycles. The van der Waals surface area contributed by atoms with E-state index in [1.807, 2.05) is 4.90 Å². The monoisotopic (exact) mass is 197 g/mol. The number of hydrogen-bond acceptors (Lipinski definition) is 3. The third-order valence-electron chi connectivity index (χ3n) is 3.23. The minimum atomic E-state index is -0.245. The van der Waals surface area contributed by atoms with Crippen LogP contribution in [0.2, 0.25) is 0 Å². The van der Waals surface area contributed by atoms with E-state index in [2.05, 4.69) is 5.32 Å². The molecule has 2 atom stereocenters. The molecule has 2 aliphatic heterocycles. The van der Waals surface area contributed by atoms with Crippen molar-refractivity contribution in [3.63, 3.8) is 0 Å². The summed E-state index contributed by atoms with van der Waals surface area (Å²) in [7, 11) is 0. The van der Waals surface area contributed by atoms with E-state index in [0.29, 0.717) is 6.04 Å². The maximum atomic E-state index is 11.8. The van der Waals surface area contributed by atoms with Gasteiger partial charge in [-0.05, 0) is 32.2 Å². The predicted octanol–water partition coefficient (Wildman–Crippen LogP) is -0.312. The highest BCUT2D eigenvalue weighted by Gasteiger charge is 2.31. The lowest BCUT2D eigenvalue weighted by Gasteiger charge is -2.39. The largest absolute Gasteiger partial charge is 0.337 e. The molecule has 1 amide bonds. The second-order valence-corrected chi connectivity index (χ2v) is 4.28. The number of nitrogens with one attached hydrogen (secondary N) is 1. The van der Waals surface area contributed by atoms with Crippen molar-refractivity contribution in [3.05, 3.63) is 0 Å². The minimum absolute atomic E-state index is 0.157. The average molecular weight is 197 g/mol. The molecule has 0 saturated carbocycles. The first-order valence-corrected chi connectivity index (χ1v) is 5.56. The molecule has 0 aromatic rings. The summed E-state index contributed by atoms with van der Waals surface area (Å²) in [4.78, 5) is 13.8. The number of hydrogen-bond donors (Lipinski definition) is 2. The molecule has 2 rings (SSSR count). The molecule has 0 aliphatic carbocycles. The predicted molar refractivity (Wildman–Crippen MR) is 54.8 cm³/mol. The fraction of sp³-hybridized carbons (Fsp3) is 0.900. The average Bonchev–Trinajstić information content (AvgIpc) is 2.23. The molecular weight excluding hydrogens is 178 g/mol. The van der Waals surface area contributed by atoms with Crippen LogP contribution in [0.1, 0.15) is 25.7 Å². The zero-order chi connectivity index (χ0) is 9.97. The molecule has 4 heteroatoms. The van der Waals surface area contributed by atoms with Gasteiger partial charge in [0.05, 0.1) is 6.04 Å². The molecule has 0 spiro atoms. The van der Waals surface area contributed by atoms with Crippen LogP contribution in [0.25, 0.3) is 0 Å². The summed E-state index contributed by atoms with van der Waals surface area (Å²) in [6.45, 7) is 2.93. The van der Waals surface area contributed by atoms with E-state index in [1.165, 1.54) is 6.42 Å². The summed E-state index contributed by atoms with van der Waals surface area (Å²) < 4.78 is 0. The molecule has 4 nitrogen and oxygen atoms in total. The number of nitrogens with two attached hydrogens (primary N) is 1. The van der Waals surface area contributed by atoms with Gasteiger partial charge in [0.25, 0.3) is 0 Å². The third kappa shape index (κ3) is 1.91. The molecule has 0 radical (unpaired) electrons. The number of likely N-dealkylation sites (tertiary alicyclic amines) is 1. The Morgan fingerprint density at radius 2 is 2.21 bits per heavy atom. The highest BCUT2D eigenvalue weighted by Crippen LogP contribution is 2.17. The van der Waals surface area contributed by atoms with Gasteiger partial charge in [0, 0.05) is 19.1 Å². The van der Waals surface area contributed by atoms with Gasteiger partial charge in [-0.2, -0.15) is 0 Å². The molecule has 0 bridgehead atoms. The molecule has 2 unspecified atom stereocenters. The van der Waals surface area contributed by atoms with Gasteiger partial charge >= 0.3 is 0 Å². The van der Waals surface area contributed by atoms with E-state index in [1.54, 1.807) is 0 Å². The van der Waals surface area contributed by atoms with Crippen LogP contribution in [0.3, 0.4) is 0 Å². The summed E-state index contributed by atoms with van der Waals surface area (Å²) in [5.41, 5.74) is 5.76. The molecule has 14 heavy (non-hydrogen) atoms. The first-order valence-electron chi connectivity index (χ1n) is 5.56. The van der Waals surface area contributed by atoms with Gasteiger partial charge in [-0.25, -0.2) is 0 Å². The first kappa shape index (κ1) is 9.93. The number of nitrogens with zero attached hydrogens (tertiary/aromatic N) is 1. The third-order valence-corrected chi connectivity index (χ3v) is 3.23. The van der Waals surface area contributed by atoms with Crippen molar-refractivity contribution in [1.82, 2.24) is 10.2 Å². The van der Waals surface area contributed by atoms with Crippen LogP contribution in [0.5, 0.6) is 0 Å². The summed E-state index contributed by atoms with van der Waals surface area (Å²) in [5.74, 6) is 0.157. The second-order valence-electron chi connectivity index (χ2n) is 4.28. The lowest BCUT2D eigenvalue weighted by molar-refractivity contribution is -0.137. The number of carbonyl (C=O) groups is 1. The van der Waals surface area contributed by atoms with E-state index >= 15 is 0 Å². The van der Waals surface area contributed by atoms with E-state index in [0.717, 1.165) is 38.9 Å². The molecular formula is C10H19N3O. The van der Waals surface area contributed by atoms with E-state index < -0.39 is 0 Å². The lowest BCUT2D eigenvalue weighted by atomic mass is 9.99. The van der Waals surface area contributed by atoms with Gasteiger partial charge in [-0.1, -0.05) is 0 Å². The summed E-state index contributed by atoms with van der Waals surface area (Å²) in [5, 5.41) is 3.33. The Labute approximate surface area is 84.8 Å². The Morgan fingerprint density at radius 1 is 1.36 bits per heavy atom. The van der Waals surface area contributed by atoms with Gasteiger partial charge in [-0.3, -0.25) is 4.79 Å². The van der Waals surface area contributed by atoms with E-state index in [-0.39, 0.29) is 11.9 Å². The Bertz CT molecular complexity index is 213. The zero-order valence-electron chi connectivity index (χ0n) is 8.54. The maximum Gasteiger partial charge on any atom is 0.239 e. The Hall–Kier alpha value is -0.610. The van der Waals surface area contributed by atoms with Crippen molar-refractivity contribution in [3.8, 4) is 0 Å².